The summed E-state index contributed by atoms with van der Waals surface area (Å²) in [5.74, 6) is 0.952. The topological polar surface area (TPSA) is 73.4 Å². The molecule has 1 unspecified atom stereocenters. The van der Waals surface area contributed by atoms with Crippen molar-refractivity contribution in [2.45, 2.75) is 44.7 Å². The second-order valence-electron chi connectivity index (χ2n) is 6.49. The van der Waals surface area contributed by atoms with Crippen LogP contribution in [-0.4, -0.2) is 45.3 Å². The van der Waals surface area contributed by atoms with Crippen LogP contribution in [0.15, 0.2) is 22.7 Å². The van der Waals surface area contributed by atoms with Gasteiger partial charge >= 0.3 is 0 Å². The maximum atomic E-state index is 13.2. The molecular formula is C17H22N4O3. The number of ether oxygens (including phenoxy) is 1. The number of carbonyl (C=O) groups excluding carboxylic acids is 1. The molecule has 1 atom stereocenters. The molecule has 0 N–H and O–H groups in total. The molecule has 0 aromatic carbocycles. The molecule has 128 valence electrons. The molecule has 7 nitrogen and oxygen atoms in total. The Labute approximate surface area is 140 Å². The Morgan fingerprint density at radius 3 is 2.88 bits per heavy atom. The first-order valence-electron chi connectivity index (χ1n) is 8.59. The van der Waals surface area contributed by atoms with Crippen molar-refractivity contribution in [2.75, 3.05) is 19.8 Å². The Balaban J connectivity index is 1.61. The summed E-state index contributed by atoms with van der Waals surface area (Å²) in [5, 5.41) is 7.97. The van der Waals surface area contributed by atoms with Crippen LogP contribution in [0.1, 0.15) is 60.0 Å². The molecule has 0 radical (unpaired) electrons. The zero-order valence-corrected chi connectivity index (χ0v) is 13.9. The first-order chi connectivity index (χ1) is 11.7. The highest BCUT2D eigenvalue weighted by Gasteiger charge is 2.34. The number of hydrogen-bond acceptors (Lipinski definition) is 5. The monoisotopic (exact) mass is 330 g/mol. The predicted octanol–water partition coefficient (Wildman–Crippen LogP) is 2.51. The molecule has 24 heavy (non-hydrogen) atoms. The summed E-state index contributed by atoms with van der Waals surface area (Å²) in [6.45, 7) is 3.19. The van der Waals surface area contributed by atoms with Gasteiger partial charge in [-0.15, -0.1) is 10.2 Å². The van der Waals surface area contributed by atoms with Crippen LogP contribution in [0.25, 0.3) is 0 Å². The van der Waals surface area contributed by atoms with E-state index >= 15 is 0 Å². The van der Waals surface area contributed by atoms with Gasteiger partial charge in [0.15, 0.2) is 0 Å². The molecule has 2 aromatic rings. The summed E-state index contributed by atoms with van der Waals surface area (Å²) in [4.78, 5) is 15.0. The summed E-state index contributed by atoms with van der Waals surface area (Å²) in [6, 6.07) is 3.98. The summed E-state index contributed by atoms with van der Waals surface area (Å²) in [7, 11) is 0. The van der Waals surface area contributed by atoms with E-state index in [4.69, 9.17) is 9.15 Å². The SMILES string of the molecule is Cc1nnc(C2COCCN2C(=O)c2cccn2C2CCCC2)o1. The lowest BCUT2D eigenvalue weighted by Gasteiger charge is -2.34. The lowest BCUT2D eigenvalue weighted by molar-refractivity contribution is -0.0112. The van der Waals surface area contributed by atoms with Gasteiger partial charge < -0.3 is 18.6 Å². The molecule has 7 heteroatoms. The van der Waals surface area contributed by atoms with E-state index in [1.165, 1.54) is 12.8 Å². The maximum Gasteiger partial charge on any atom is 0.271 e. The second kappa shape index (κ2) is 6.39. The van der Waals surface area contributed by atoms with Gasteiger partial charge in [0.2, 0.25) is 11.8 Å². The highest BCUT2D eigenvalue weighted by atomic mass is 16.5. The maximum absolute atomic E-state index is 13.2. The van der Waals surface area contributed by atoms with E-state index in [0.717, 1.165) is 18.5 Å². The van der Waals surface area contributed by atoms with E-state index in [1.54, 1.807) is 11.8 Å². The number of carbonyl (C=O) groups is 1. The van der Waals surface area contributed by atoms with Crippen LogP contribution in [0.5, 0.6) is 0 Å². The van der Waals surface area contributed by atoms with Crippen molar-refractivity contribution >= 4 is 5.91 Å². The first-order valence-corrected chi connectivity index (χ1v) is 8.59. The van der Waals surface area contributed by atoms with Crippen molar-refractivity contribution in [3.63, 3.8) is 0 Å². The summed E-state index contributed by atoms with van der Waals surface area (Å²) >= 11 is 0. The zero-order chi connectivity index (χ0) is 16.5. The van der Waals surface area contributed by atoms with Crippen molar-refractivity contribution in [3.05, 3.63) is 35.8 Å². The van der Waals surface area contributed by atoms with Crippen LogP contribution in [0, 0.1) is 6.92 Å². The van der Waals surface area contributed by atoms with Crippen molar-refractivity contribution in [3.8, 4) is 0 Å². The fourth-order valence-electron chi connectivity index (χ4n) is 3.72. The Hall–Kier alpha value is -2.15. The molecule has 2 fully saturated rings. The minimum absolute atomic E-state index is 0.0102. The van der Waals surface area contributed by atoms with Gasteiger partial charge in [0, 0.05) is 25.7 Å². The van der Waals surface area contributed by atoms with Crippen molar-refractivity contribution in [1.82, 2.24) is 19.7 Å². The standard InChI is InChI=1S/C17H22N4O3/c1-12-18-19-16(24-12)15-11-23-10-9-21(15)17(22)14-7-4-8-20(14)13-5-2-3-6-13/h4,7-8,13,15H,2-3,5-6,9-11H2,1H3. The normalized spacial score (nSPS) is 22.2. The van der Waals surface area contributed by atoms with Gasteiger partial charge in [0.1, 0.15) is 11.7 Å². The van der Waals surface area contributed by atoms with E-state index in [-0.39, 0.29) is 11.9 Å². The van der Waals surface area contributed by atoms with Gasteiger partial charge in [-0.05, 0) is 25.0 Å². The third-order valence-corrected chi connectivity index (χ3v) is 4.93. The largest absolute Gasteiger partial charge is 0.423 e. The van der Waals surface area contributed by atoms with Gasteiger partial charge in [-0.25, -0.2) is 0 Å². The van der Waals surface area contributed by atoms with Crippen LogP contribution in [0.3, 0.4) is 0 Å². The number of aryl methyl sites for hydroxylation is 1. The lowest BCUT2D eigenvalue weighted by Crippen LogP contribution is -2.44. The van der Waals surface area contributed by atoms with Crippen LogP contribution >= 0.6 is 0 Å². The average Bonchev–Trinajstić information content (AvgIpc) is 3.34. The molecule has 2 aromatic heterocycles. The zero-order valence-electron chi connectivity index (χ0n) is 13.9. The molecule has 1 saturated carbocycles. The second-order valence-corrected chi connectivity index (χ2v) is 6.49. The number of rotatable bonds is 3. The predicted molar refractivity (Wildman–Crippen MR) is 85.6 cm³/mol. The number of morpholine rings is 1. The minimum Gasteiger partial charge on any atom is -0.423 e. The van der Waals surface area contributed by atoms with E-state index in [1.807, 2.05) is 18.3 Å². The molecule has 4 rings (SSSR count). The molecule has 0 spiro atoms. The van der Waals surface area contributed by atoms with Crippen LogP contribution in [0.4, 0.5) is 0 Å². The number of hydrogen-bond donors (Lipinski definition) is 0. The number of nitrogens with zero attached hydrogens (tertiary/aromatic N) is 4. The first kappa shape index (κ1) is 15.4. The molecule has 1 saturated heterocycles. The number of aromatic nitrogens is 3. The average molecular weight is 330 g/mol. The van der Waals surface area contributed by atoms with E-state index in [9.17, 15) is 4.79 Å². The molecule has 3 heterocycles. The third-order valence-electron chi connectivity index (χ3n) is 4.93. The lowest BCUT2D eigenvalue weighted by atomic mass is 10.2. The molecular weight excluding hydrogens is 308 g/mol. The molecule has 0 bridgehead atoms. The van der Waals surface area contributed by atoms with Crippen molar-refractivity contribution in [2.24, 2.45) is 0 Å². The molecule has 1 aliphatic heterocycles. The van der Waals surface area contributed by atoms with Gasteiger partial charge in [-0.1, -0.05) is 12.8 Å². The Kier molecular flexibility index (Phi) is 4.10. The minimum atomic E-state index is -0.320. The van der Waals surface area contributed by atoms with Gasteiger partial charge in [0.05, 0.1) is 13.2 Å². The van der Waals surface area contributed by atoms with Crippen molar-refractivity contribution in [1.29, 1.82) is 0 Å². The number of amides is 1. The van der Waals surface area contributed by atoms with E-state index in [0.29, 0.717) is 37.6 Å². The van der Waals surface area contributed by atoms with Gasteiger partial charge in [0.25, 0.3) is 5.91 Å². The van der Waals surface area contributed by atoms with E-state index < -0.39 is 0 Å². The highest BCUT2D eigenvalue weighted by Crippen LogP contribution is 2.32. The molecule has 2 aliphatic rings. The summed E-state index contributed by atoms with van der Waals surface area (Å²) < 4.78 is 13.2. The Bertz CT molecular complexity index is 717. The fourth-order valence-corrected chi connectivity index (χ4v) is 3.72. The van der Waals surface area contributed by atoms with E-state index in [2.05, 4.69) is 14.8 Å². The summed E-state index contributed by atoms with van der Waals surface area (Å²) in [5.41, 5.74) is 0.741. The summed E-state index contributed by atoms with van der Waals surface area (Å²) in [6.07, 6.45) is 6.78. The van der Waals surface area contributed by atoms with Crippen molar-refractivity contribution < 1.29 is 13.9 Å². The highest BCUT2D eigenvalue weighted by molar-refractivity contribution is 5.93. The van der Waals surface area contributed by atoms with Gasteiger partial charge in [-0.2, -0.15) is 0 Å². The fraction of sp³-hybridized carbons (Fsp3) is 0.588. The Morgan fingerprint density at radius 2 is 2.12 bits per heavy atom. The third kappa shape index (κ3) is 2.73. The quantitative estimate of drug-likeness (QED) is 0.864. The Morgan fingerprint density at radius 1 is 1.29 bits per heavy atom. The smallest absolute Gasteiger partial charge is 0.271 e. The van der Waals surface area contributed by atoms with Crippen LogP contribution in [-0.2, 0) is 4.74 Å². The molecule has 1 aliphatic carbocycles. The van der Waals surface area contributed by atoms with Crippen LogP contribution < -0.4 is 0 Å². The molecule has 1 amide bonds. The van der Waals surface area contributed by atoms with Gasteiger partial charge in [-0.3, -0.25) is 4.79 Å². The van der Waals surface area contributed by atoms with Crippen LogP contribution in [0.2, 0.25) is 0 Å².